The second-order valence-corrected chi connectivity index (χ2v) is 6.57. The lowest BCUT2D eigenvalue weighted by Gasteiger charge is -2.34. The zero-order chi connectivity index (χ0) is 17.6. The van der Waals surface area contributed by atoms with Gasteiger partial charge in [0.15, 0.2) is 0 Å². The Bertz CT molecular complexity index is 588. The third-order valence-corrected chi connectivity index (χ3v) is 4.93. The van der Waals surface area contributed by atoms with Gasteiger partial charge in [-0.2, -0.15) is 0 Å². The minimum Gasteiger partial charge on any atom is -0.450 e. The van der Waals surface area contributed by atoms with E-state index in [0.29, 0.717) is 38.3 Å². The van der Waals surface area contributed by atoms with E-state index >= 15 is 0 Å². The first-order valence-corrected chi connectivity index (χ1v) is 9.25. The third-order valence-electron chi connectivity index (χ3n) is 4.93. The largest absolute Gasteiger partial charge is 0.450 e. The summed E-state index contributed by atoms with van der Waals surface area (Å²) in [5, 5.41) is 0. The number of ether oxygens (including phenoxy) is 1. The fraction of sp³-hybridized carbons (Fsp3) is 0.579. The maximum Gasteiger partial charge on any atom is 0.409 e. The molecule has 0 bridgehead atoms. The summed E-state index contributed by atoms with van der Waals surface area (Å²) in [6.07, 6.45) is 3.50. The van der Waals surface area contributed by atoms with Gasteiger partial charge in [-0.15, -0.1) is 0 Å². The fourth-order valence-electron chi connectivity index (χ4n) is 3.46. The van der Waals surface area contributed by atoms with Crippen LogP contribution in [0.4, 0.5) is 10.5 Å². The predicted molar refractivity (Wildman–Crippen MR) is 97.0 cm³/mol. The molecule has 0 N–H and O–H groups in total. The lowest BCUT2D eigenvalue weighted by atomic mass is 10.1. The molecule has 0 aliphatic carbocycles. The SMILES string of the molecule is CCOC(=O)N1CCN(C(=O)c2ccc(N3CCCCC3)cc2)CC1. The van der Waals surface area contributed by atoms with Gasteiger partial charge in [0.1, 0.15) is 0 Å². The van der Waals surface area contributed by atoms with Crippen molar-refractivity contribution in [2.75, 3.05) is 50.8 Å². The van der Waals surface area contributed by atoms with E-state index in [-0.39, 0.29) is 12.0 Å². The van der Waals surface area contributed by atoms with E-state index in [1.54, 1.807) is 11.8 Å². The van der Waals surface area contributed by atoms with E-state index < -0.39 is 0 Å². The highest BCUT2D eigenvalue weighted by molar-refractivity contribution is 5.94. The molecule has 0 unspecified atom stereocenters. The number of carbonyl (C=O) groups is 2. The zero-order valence-corrected chi connectivity index (χ0v) is 14.9. The van der Waals surface area contributed by atoms with Crippen molar-refractivity contribution in [2.24, 2.45) is 0 Å². The van der Waals surface area contributed by atoms with Gasteiger partial charge in [-0.1, -0.05) is 0 Å². The molecule has 2 aliphatic rings. The molecule has 2 fully saturated rings. The van der Waals surface area contributed by atoms with Crippen LogP contribution in [-0.2, 0) is 4.74 Å². The summed E-state index contributed by atoms with van der Waals surface area (Å²) >= 11 is 0. The van der Waals surface area contributed by atoms with Crippen molar-refractivity contribution in [2.45, 2.75) is 26.2 Å². The quantitative estimate of drug-likeness (QED) is 0.845. The molecule has 6 nitrogen and oxygen atoms in total. The number of piperazine rings is 1. The normalized spacial score (nSPS) is 18.2. The highest BCUT2D eigenvalue weighted by Crippen LogP contribution is 2.21. The van der Waals surface area contributed by atoms with E-state index in [4.69, 9.17) is 4.74 Å². The number of rotatable bonds is 3. The van der Waals surface area contributed by atoms with E-state index in [1.165, 1.54) is 24.9 Å². The molecule has 3 rings (SSSR count). The number of anilines is 1. The molecule has 1 aromatic rings. The molecule has 136 valence electrons. The van der Waals surface area contributed by atoms with E-state index in [1.807, 2.05) is 29.2 Å². The molecular formula is C19H27N3O3. The second kappa shape index (κ2) is 8.23. The van der Waals surface area contributed by atoms with Crippen molar-refractivity contribution in [3.05, 3.63) is 29.8 Å². The van der Waals surface area contributed by atoms with Crippen LogP contribution in [0.15, 0.2) is 24.3 Å². The average molecular weight is 345 g/mol. The van der Waals surface area contributed by atoms with Gasteiger partial charge >= 0.3 is 6.09 Å². The average Bonchev–Trinajstić information content (AvgIpc) is 2.68. The highest BCUT2D eigenvalue weighted by atomic mass is 16.6. The molecule has 0 spiro atoms. The monoisotopic (exact) mass is 345 g/mol. The van der Waals surface area contributed by atoms with Crippen LogP contribution in [0.2, 0.25) is 0 Å². The third kappa shape index (κ3) is 4.24. The number of piperidine rings is 1. The van der Waals surface area contributed by atoms with Gasteiger partial charge in [-0.25, -0.2) is 4.79 Å². The molecular weight excluding hydrogens is 318 g/mol. The maximum atomic E-state index is 12.7. The molecule has 0 saturated carbocycles. The lowest BCUT2D eigenvalue weighted by molar-refractivity contribution is 0.0570. The minimum absolute atomic E-state index is 0.0358. The molecule has 0 radical (unpaired) electrons. The number of amides is 2. The maximum absolute atomic E-state index is 12.7. The Labute approximate surface area is 149 Å². The first-order valence-electron chi connectivity index (χ1n) is 9.25. The van der Waals surface area contributed by atoms with Crippen LogP contribution in [0.1, 0.15) is 36.5 Å². The van der Waals surface area contributed by atoms with Crippen LogP contribution in [-0.4, -0.2) is 67.7 Å². The van der Waals surface area contributed by atoms with E-state index in [2.05, 4.69) is 4.90 Å². The number of benzene rings is 1. The zero-order valence-electron chi connectivity index (χ0n) is 14.9. The molecule has 0 atom stereocenters. The summed E-state index contributed by atoms with van der Waals surface area (Å²) in [6, 6.07) is 7.94. The molecule has 0 aromatic heterocycles. The number of nitrogens with zero attached hydrogens (tertiary/aromatic N) is 3. The molecule has 6 heteroatoms. The Morgan fingerprint density at radius 1 is 0.880 bits per heavy atom. The van der Waals surface area contributed by atoms with Gasteiger partial charge in [-0.3, -0.25) is 4.79 Å². The van der Waals surface area contributed by atoms with Gasteiger partial charge < -0.3 is 19.4 Å². The summed E-state index contributed by atoms with van der Waals surface area (Å²) in [7, 11) is 0. The van der Waals surface area contributed by atoms with Crippen LogP contribution < -0.4 is 4.90 Å². The van der Waals surface area contributed by atoms with Crippen molar-refractivity contribution in [3.63, 3.8) is 0 Å². The van der Waals surface area contributed by atoms with E-state index in [0.717, 1.165) is 13.1 Å². The van der Waals surface area contributed by atoms with Crippen molar-refractivity contribution >= 4 is 17.7 Å². The van der Waals surface area contributed by atoms with E-state index in [9.17, 15) is 9.59 Å². The van der Waals surface area contributed by atoms with Crippen LogP contribution in [0, 0.1) is 0 Å². The van der Waals surface area contributed by atoms with Crippen LogP contribution in [0.5, 0.6) is 0 Å². The molecule has 1 aromatic carbocycles. The first-order chi connectivity index (χ1) is 12.2. The van der Waals surface area contributed by atoms with Crippen molar-refractivity contribution in [1.29, 1.82) is 0 Å². The standard InChI is InChI=1S/C19H27N3O3/c1-2-25-19(24)22-14-12-21(13-15-22)18(23)16-6-8-17(9-7-16)20-10-4-3-5-11-20/h6-9H,2-5,10-15H2,1H3. The molecule has 25 heavy (non-hydrogen) atoms. The van der Waals surface area contributed by atoms with Gasteiger partial charge in [0.25, 0.3) is 5.91 Å². The summed E-state index contributed by atoms with van der Waals surface area (Å²) in [5.74, 6) is 0.0358. The summed E-state index contributed by atoms with van der Waals surface area (Å²) in [4.78, 5) is 30.3. The summed E-state index contributed by atoms with van der Waals surface area (Å²) in [5.41, 5.74) is 1.91. The van der Waals surface area contributed by atoms with Crippen molar-refractivity contribution < 1.29 is 14.3 Å². The number of carbonyl (C=O) groups excluding carboxylic acids is 2. The Hall–Kier alpha value is -2.24. The molecule has 2 heterocycles. The topological polar surface area (TPSA) is 53.1 Å². The van der Waals surface area contributed by atoms with Gasteiger partial charge in [-0.05, 0) is 50.5 Å². The van der Waals surface area contributed by atoms with Gasteiger partial charge in [0, 0.05) is 50.5 Å². The molecule has 2 saturated heterocycles. The number of hydrogen-bond donors (Lipinski definition) is 0. The minimum atomic E-state index is -0.291. The van der Waals surface area contributed by atoms with Crippen molar-refractivity contribution in [1.82, 2.24) is 9.80 Å². The van der Waals surface area contributed by atoms with Gasteiger partial charge in [0.2, 0.25) is 0 Å². The summed E-state index contributed by atoms with van der Waals surface area (Å²) in [6.45, 7) is 6.52. The number of hydrogen-bond acceptors (Lipinski definition) is 4. The Morgan fingerprint density at radius 2 is 1.48 bits per heavy atom. The fourth-order valence-corrected chi connectivity index (χ4v) is 3.46. The predicted octanol–water partition coefficient (Wildman–Crippen LogP) is 2.59. The van der Waals surface area contributed by atoms with Crippen molar-refractivity contribution in [3.8, 4) is 0 Å². The smallest absolute Gasteiger partial charge is 0.409 e. The van der Waals surface area contributed by atoms with Crippen LogP contribution >= 0.6 is 0 Å². The second-order valence-electron chi connectivity index (χ2n) is 6.57. The first kappa shape index (κ1) is 17.6. The summed E-state index contributed by atoms with van der Waals surface area (Å²) < 4.78 is 5.01. The molecule has 2 aliphatic heterocycles. The Kier molecular flexibility index (Phi) is 5.79. The highest BCUT2D eigenvalue weighted by Gasteiger charge is 2.25. The Balaban J connectivity index is 1.55. The molecule has 2 amide bonds. The lowest BCUT2D eigenvalue weighted by Crippen LogP contribution is -2.50. The van der Waals surface area contributed by atoms with Gasteiger partial charge in [0.05, 0.1) is 6.61 Å². The van der Waals surface area contributed by atoms with Crippen LogP contribution in [0.3, 0.4) is 0 Å². The Morgan fingerprint density at radius 3 is 2.08 bits per heavy atom. The van der Waals surface area contributed by atoms with Crippen LogP contribution in [0.25, 0.3) is 0 Å².